The minimum absolute atomic E-state index is 0.0336. The molecule has 11 nitrogen and oxygen atoms in total. The molecule has 3 rings (SSSR count). The second-order valence-corrected chi connectivity index (χ2v) is 11.8. The summed E-state index contributed by atoms with van der Waals surface area (Å²) in [6.07, 6.45) is 5.84. The molecule has 1 aliphatic rings. The quantitative estimate of drug-likeness (QED) is 0.328. The number of hydrogen-bond donors (Lipinski definition) is 1. The zero-order valence-electron chi connectivity index (χ0n) is 22.8. The summed E-state index contributed by atoms with van der Waals surface area (Å²) in [5.41, 5.74) is 1.25. The summed E-state index contributed by atoms with van der Waals surface area (Å²) in [5, 5.41) is 14.4. The number of nitro benzene ring substituents is 1. The highest BCUT2D eigenvalue weighted by Crippen LogP contribution is 2.34. The van der Waals surface area contributed by atoms with Crippen LogP contribution in [-0.2, 0) is 26.2 Å². The summed E-state index contributed by atoms with van der Waals surface area (Å²) in [6, 6.07) is 10.1. The van der Waals surface area contributed by atoms with Gasteiger partial charge in [0.2, 0.25) is 21.8 Å². The van der Waals surface area contributed by atoms with Crippen molar-refractivity contribution in [2.45, 2.75) is 64.6 Å². The van der Waals surface area contributed by atoms with Gasteiger partial charge in [0.25, 0.3) is 5.69 Å². The highest BCUT2D eigenvalue weighted by atomic mass is 32.2. The van der Waals surface area contributed by atoms with Crippen LogP contribution in [-0.4, -0.2) is 62.0 Å². The normalized spacial score (nSPS) is 14.8. The van der Waals surface area contributed by atoms with Crippen molar-refractivity contribution < 1.29 is 27.7 Å². The van der Waals surface area contributed by atoms with Gasteiger partial charge in [0.15, 0.2) is 0 Å². The second-order valence-electron chi connectivity index (χ2n) is 9.91. The smallest absolute Gasteiger partial charge is 0.271 e. The van der Waals surface area contributed by atoms with Crippen molar-refractivity contribution in [1.82, 2.24) is 10.2 Å². The Hall–Kier alpha value is -3.67. The Morgan fingerprint density at radius 2 is 1.85 bits per heavy atom. The first kappa shape index (κ1) is 29.9. The van der Waals surface area contributed by atoms with Crippen LogP contribution in [0.15, 0.2) is 42.5 Å². The van der Waals surface area contributed by atoms with Crippen LogP contribution in [0.25, 0.3) is 0 Å². The highest BCUT2D eigenvalue weighted by molar-refractivity contribution is 7.92. The maximum atomic E-state index is 13.8. The number of nitrogens with one attached hydrogen (secondary N) is 1. The van der Waals surface area contributed by atoms with Crippen LogP contribution in [0.4, 0.5) is 11.4 Å². The van der Waals surface area contributed by atoms with Gasteiger partial charge >= 0.3 is 0 Å². The van der Waals surface area contributed by atoms with E-state index < -0.39 is 33.4 Å². The third kappa shape index (κ3) is 7.92. The fourth-order valence-electron chi connectivity index (χ4n) is 4.74. The van der Waals surface area contributed by atoms with Crippen LogP contribution in [0.5, 0.6) is 5.75 Å². The van der Waals surface area contributed by atoms with Crippen molar-refractivity contribution in [2.24, 2.45) is 0 Å². The number of hydrogen-bond acceptors (Lipinski definition) is 7. The lowest BCUT2D eigenvalue weighted by molar-refractivity contribution is -0.384. The Morgan fingerprint density at radius 1 is 1.15 bits per heavy atom. The van der Waals surface area contributed by atoms with Gasteiger partial charge in [-0.15, -0.1) is 0 Å². The van der Waals surface area contributed by atoms with Crippen LogP contribution >= 0.6 is 0 Å². The number of non-ortho nitro benzene ring substituents is 1. The molecule has 0 saturated heterocycles. The zero-order valence-corrected chi connectivity index (χ0v) is 23.6. The summed E-state index contributed by atoms with van der Waals surface area (Å²) < 4.78 is 31.8. The third-order valence-electron chi connectivity index (χ3n) is 6.88. The molecule has 1 saturated carbocycles. The average Bonchev–Trinajstić information content (AvgIpc) is 2.89. The molecule has 39 heavy (non-hydrogen) atoms. The van der Waals surface area contributed by atoms with Crippen LogP contribution in [0, 0.1) is 17.0 Å². The monoisotopic (exact) mass is 560 g/mol. The molecule has 0 bridgehead atoms. The van der Waals surface area contributed by atoms with E-state index >= 15 is 0 Å². The van der Waals surface area contributed by atoms with Crippen molar-refractivity contribution in [1.29, 1.82) is 0 Å². The molecule has 0 radical (unpaired) electrons. The van der Waals surface area contributed by atoms with E-state index in [-0.39, 0.29) is 35.6 Å². The number of methoxy groups -OCH3 is 1. The molecule has 212 valence electrons. The van der Waals surface area contributed by atoms with E-state index in [0.29, 0.717) is 0 Å². The standard InChI is InChI=1S/C27H36N4O7S/c1-19-9-8-10-21(15-19)17-29(20(2)27(33)28-22-11-6-5-7-12-22)26(32)18-30(39(4,36)37)24-16-23(31(34)35)13-14-25(24)38-3/h8-10,13-16,20,22H,5-7,11-12,17-18H2,1-4H3,(H,28,33)/t20-/m0/s1. The van der Waals surface area contributed by atoms with Gasteiger partial charge in [0.1, 0.15) is 24.0 Å². The van der Waals surface area contributed by atoms with Crippen LogP contribution in [0.2, 0.25) is 0 Å². The molecular weight excluding hydrogens is 524 g/mol. The molecular formula is C27H36N4O7S. The Kier molecular flexibility index (Phi) is 9.90. The van der Waals surface area contributed by atoms with Crippen molar-refractivity contribution in [2.75, 3.05) is 24.2 Å². The molecule has 2 aromatic carbocycles. The molecule has 0 heterocycles. The van der Waals surface area contributed by atoms with E-state index in [1.54, 1.807) is 6.92 Å². The molecule has 0 aromatic heterocycles. The summed E-state index contributed by atoms with van der Waals surface area (Å²) in [6.45, 7) is 2.92. The number of carbonyl (C=O) groups is 2. The minimum Gasteiger partial charge on any atom is -0.495 e. The Bertz CT molecular complexity index is 1310. The number of aryl methyl sites for hydroxylation is 1. The summed E-state index contributed by atoms with van der Waals surface area (Å²) in [7, 11) is -2.79. The highest BCUT2D eigenvalue weighted by Gasteiger charge is 2.32. The molecule has 0 spiro atoms. The van der Waals surface area contributed by atoms with Gasteiger partial charge in [-0.25, -0.2) is 8.42 Å². The fraction of sp³-hybridized carbons (Fsp3) is 0.481. The second kappa shape index (κ2) is 12.9. The Balaban J connectivity index is 1.96. The number of amides is 2. The number of sulfonamides is 1. The lowest BCUT2D eigenvalue weighted by Crippen LogP contribution is -2.53. The predicted molar refractivity (Wildman–Crippen MR) is 148 cm³/mol. The van der Waals surface area contributed by atoms with Gasteiger partial charge in [-0.05, 0) is 38.3 Å². The average molecular weight is 561 g/mol. The molecule has 2 aromatic rings. The first-order chi connectivity index (χ1) is 18.4. The predicted octanol–water partition coefficient (Wildman–Crippen LogP) is 3.54. The van der Waals surface area contributed by atoms with Crippen LogP contribution in [0.3, 0.4) is 0 Å². The van der Waals surface area contributed by atoms with E-state index in [1.807, 2.05) is 31.2 Å². The zero-order chi connectivity index (χ0) is 28.7. The lowest BCUT2D eigenvalue weighted by Gasteiger charge is -2.33. The summed E-state index contributed by atoms with van der Waals surface area (Å²) in [4.78, 5) is 39.1. The Labute approximate surface area is 229 Å². The number of carbonyl (C=O) groups excluding carboxylic acids is 2. The largest absolute Gasteiger partial charge is 0.495 e. The minimum atomic E-state index is -4.09. The molecule has 1 atom stereocenters. The molecule has 2 amide bonds. The topological polar surface area (TPSA) is 139 Å². The molecule has 1 N–H and O–H groups in total. The van der Waals surface area contributed by atoms with Crippen molar-refractivity contribution in [3.63, 3.8) is 0 Å². The Morgan fingerprint density at radius 3 is 2.44 bits per heavy atom. The van der Waals surface area contributed by atoms with Gasteiger partial charge in [0.05, 0.1) is 18.3 Å². The van der Waals surface area contributed by atoms with Crippen molar-refractivity contribution in [3.05, 3.63) is 63.7 Å². The van der Waals surface area contributed by atoms with Crippen LogP contribution < -0.4 is 14.4 Å². The summed E-state index contributed by atoms with van der Waals surface area (Å²) >= 11 is 0. The number of ether oxygens (including phenoxy) is 1. The van der Waals surface area contributed by atoms with Crippen molar-refractivity contribution in [3.8, 4) is 5.75 Å². The number of nitro groups is 1. The van der Waals surface area contributed by atoms with E-state index in [9.17, 15) is 28.1 Å². The molecule has 12 heteroatoms. The lowest BCUT2D eigenvalue weighted by atomic mass is 9.95. The van der Waals surface area contributed by atoms with E-state index in [1.165, 1.54) is 24.1 Å². The number of nitrogens with zero attached hydrogens (tertiary/aromatic N) is 3. The first-order valence-corrected chi connectivity index (χ1v) is 14.7. The first-order valence-electron chi connectivity index (χ1n) is 12.9. The molecule has 1 aliphatic carbocycles. The molecule has 0 aliphatic heterocycles. The van der Waals surface area contributed by atoms with Gasteiger partial charge in [0, 0.05) is 24.7 Å². The fourth-order valence-corrected chi connectivity index (χ4v) is 5.59. The third-order valence-corrected chi connectivity index (χ3v) is 8.00. The summed E-state index contributed by atoms with van der Waals surface area (Å²) in [5.74, 6) is -0.907. The van der Waals surface area contributed by atoms with E-state index in [0.717, 1.165) is 59.9 Å². The van der Waals surface area contributed by atoms with Gasteiger partial charge < -0.3 is 15.0 Å². The number of rotatable bonds is 11. The van der Waals surface area contributed by atoms with Gasteiger partial charge in [-0.3, -0.25) is 24.0 Å². The van der Waals surface area contributed by atoms with E-state index in [4.69, 9.17) is 4.74 Å². The number of benzene rings is 2. The van der Waals surface area contributed by atoms with Crippen LogP contribution in [0.1, 0.15) is 50.2 Å². The maximum absolute atomic E-state index is 13.8. The van der Waals surface area contributed by atoms with E-state index in [2.05, 4.69) is 5.32 Å². The van der Waals surface area contributed by atoms with Gasteiger partial charge in [-0.1, -0.05) is 49.1 Å². The molecule has 1 fully saturated rings. The van der Waals surface area contributed by atoms with Crippen molar-refractivity contribution >= 4 is 33.2 Å². The SMILES string of the molecule is COc1ccc([N+](=O)[O-])cc1N(CC(=O)N(Cc1cccc(C)c1)[C@@H](C)C(=O)NC1CCCCC1)S(C)(=O)=O. The number of anilines is 1. The van der Waals surface area contributed by atoms with Gasteiger partial charge in [-0.2, -0.15) is 0 Å². The maximum Gasteiger partial charge on any atom is 0.271 e. The molecule has 0 unspecified atom stereocenters.